The monoisotopic (exact) mass is 373 g/mol. The lowest BCUT2D eigenvalue weighted by atomic mass is 9.53. The molecule has 1 N–H and O–H groups in total. The molecule has 1 aromatic carbocycles. The van der Waals surface area contributed by atoms with E-state index in [2.05, 4.69) is 0 Å². The van der Waals surface area contributed by atoms with Crippen LogP contribution in [-0.4, -0.2) is 55.6 Å². The molecule has 0 spiro atoms. The molecule has 3 aliphatic rings. The minimum atomic E-state index is -1.21. The second kappa shape index (κ2) is 5.73. The van der Waals surface area contributed by atoms with E-state index >= 15 is 0 Å². The lowest BCUT2D eigenvalue weighted by molar-refractivity contribution is -0.143. The number of hydrogen-bond acceptors (Lipinski definition) is 6. The van der Waals surface area contributed by atoms with Gasteiger partial charge in [-0.2, -0.15) is 0 Å². The van der Waals surface area contributed by atoms with Gasteiger partial charge in [0.2, 0.25) is 11.7 Å². The number of carbonyl (C=O) groups excluding carboxylic acids is 2. The number of Topliss-reactive ketones (excluding diaryl/α,β-unsaturated/α-hetero) is 1. The van der Waals surface area contributed by atoms with Crippen molar-refractivity contribution in [2.24, 2.45) is 0 Å². The number of carbonyl (C=O) groups is 2. The van der Waals surface area contributed by atoms with Crippen LogP contribution in [0, 0.1) is 0 Å². The molecular weight excluding hydrogens is 350 g/mol. The molecule has 7 heteroatoms. The van der Waals surface area contributed by atoms with E-state index in [0.29, 0.717) is 29.0 Å². The number of hydrogen-bond donors (Lipinski definition) is 1. The van der Waals surface area contributed by atoms with E-state index in [-0.39, 0.29) is 30.3 Å². The van der Waals surface area contributed by atoms with Crippen LogP contribution in [0.5, 0.6) is 11.5 Å². The summed E-state index contributed by atoms with van der Waals surface area (Å²) in [5, 5.41) is 11.0. The number of likely N-dealkylation sites (N-methyl/N-ethyl adjacent to an activating group) is 1. The first-order valence-electron chi connectivity index (χ1n) is 8.87. The highest BCUT2D eigenvalue weighted by atomic mass is 16.5. The Morgan fingerprint density at radius 1 is 1.15 bits per heavy atom. The Labute approximate surface area is 157 Å². The Balaban J connectivity index is 2.11. The third-order valence-electron chi connectivity index (χ3n) is 6.55. The number of ether oxygens (including phenoxy) is 3. The van der Waals surface area contributed by atoms with E-state index in [1.807, 2.05) is 0 Å². The average Bonchev–Trinajstić information content (AvgIpc) is 2.90. The Morgan fingerprint density at radius 3 is 2.52 bits per heavy atom. The topological polar surface area (TPSA) is 85.3 Å². The average molecular weight is 373 g/mol. The summed E-state index contributed by atoms with van der Waals surface area (Å²) < 4.78 is 16.4. The molecule has 0 bridgehead atoms. The smallest absolute Gasteiger partial charge is 0.224 e. The predicted octanol–water partition coefficient (Wildman–Crippen LogP) is 1.48. The number of aliphatic hydroxyl groups is 1. The summed E-state index contributed by atoms with van der Waals surface area (Å²) in [5.41, 5.74) is -0.697. The number of aliphatic hydroxyl groups excluding tert-OH is 1. The maximum absolute atomic E-state index is 13.5. The minimum Gasteiger partial charge on any atom is -0.493 e. The number of methoxy groups -OCH3 is 3. The van der Waals surface area contributed by atoms with Gasteiger partial charge in [-0.15, -0.1) is 0 Å². The number of benzene rings is 1. The van der Waals surface area contributed by atoms with Gasteiger partial charge in [-0.3, -0.25) is 9.59 Å². The van der Waals surface area contributed by atoms with E-state index in [1.54, 1.807) is 25.3 Å². The van der Waals surface area contributed by atoms with Crippen LogP contribution >= 0.6 is 0 Å². The third kappa shape index (κ3) is 1.90. The fourth-order valence-corrected chi connectivity index (χ4v) is 5.33. The molecule has 0 saturated carbocycles. The number of nitrogens with zero attached hydrogens (tertiary/aromatic N) is 1. The molecule has 1 heterocycles. The van der Waals surface area contributed by atoms with Crippen molar-refractivity contribution in [2.75, 3.05) is 28.4 Å². The van der Waals surface area contributed by atoms with Crippen LogP contribution in [0.15, 0.2) is 24.0 Å². The first-order valence-corrected chi connectivity index (χ1v) is 8.87. The van der Waals surface area contributed by atoms with Gasteiger partial charge in [0.25, 0.3) is 0 Å². The normalized spacial score (nSPS) is 31.7. The molecule has 27 heavy (non-hydrogen) atoms. The largest absolute Gasteiger partial charge is 0.493 e. The zero-order chi connectivity index (χ0) is 19.6. The lowest BCUT2D eigenvalue weighted by Gasteiger charge is -2.54. The van der Waals surface area contributed by atoms with E-state index in [1.165, 1.54) is 26.2 Å². The van der Waals surface area contributed by atoms with Crippen molar-refractivity contribution in [1.82, 2.24) is 4.90 Å². The Kier molecular flexibility index (Phi) is 3.79. The first kappa shape index (κ1) is 17.9. The maximum atomic E-state index is 13.5. The first-order chi connectivity index (χ1) is 12.9. The van der Waals surface area contributed by atoms with Crippen molar-refractivity contribution < 1.29 is 28.9 Å². The van der Waals surface area contributed by atoms with Gasteiger partial charge in [-0.25, -0.2) is 0 Å². The summed E-state index contributed by atoms with van der Waals surface area (Å²) in [5.74, 6) is 0.774. The van der Waals surface area contributed by atoms with Crippen molar-refractivity contribution in [3.63, 3.8) is 0 Å². The van der Waals surface area contributed by atoms with Gasteiger partial charge < -0.3 is 24.2 Å². The molecule has 3 unspecified atom stereocenters. The standard InChI is InChI=1S/C20H23NO6/c1-21-15(23)10-19-8-7-14(26-3)18(24)20(19,21)9-12(22)11-5-6-13(25-2)17(27-4)16(11)19/h5-7,12,22H,8-10H2,1-4H3. The number of likely N-dealkylation sites (tertiary alicyclic amines) is 1. The van der Waals surface area contributed by atoms with Crippen molar-refractivity contribution in [3.8, 4) is 11.5 Å². The van der Waals surface area contributed by atoms with Crippen LogP contribution in [0.2, 0.25) is 0 Å². The van der Waals surface area contributed by atoms with Gasteiger partial charge in [-0.1, -0.05) is 6.07 Å². The van der Waals surface area contributed by atoms with Crippen molar-refractivity contribution >= 4 is 11.7 Å². The summed E-state index contributed by atoms with van der Waals surface area (Å²) in [4.78, 5) is 27.8. The molecule has 7 nitrogen and oxygen atoms in total. The number of allylic oxidation sites excluding steroid dienone is 1. The highest BCUT2D eigenvalue weighted by Crippen LogP contribution is 2.64. The molecule has 1 aliphatic heterocycles. The molecule has 144 valence electrons. The molecule has 2 aliphatic carbocycles. The quantitative estimate of drug-likeness (QED) is 0.864. The molecule has 0 radical (unpaired) electrons. The Bertz CT molecular complexity index is 877. The number of amides is 1. The molecule has 1 fully saturated rings. The van der Waals surface area contributed by atoms with Crippen LogP contribution < -0.4 is 9.47 Å². The minimum absolute atomic E-state index is 0.122. The lowest BCUT2D eigenvalue weighted by Crippen LogP contribution is -2.65. The molecule has 4 rings (SSSR count). The Hall–Kier alpha value is -2.54. The molecule has 1 saturated heterocycles. The fraction of sp³-hybridized carbons (Fsp3) is 0.500. The van der Waals surface area contributed by atoms with Gasteiger partial charge in [0.05, 0.1) is 27.4 Å². The molecule has 1 amide bonds. The predicted molar refractivity (Wildman–Crippen MR) is 95.6 cm³/mol. The molecule has 0 aromatic heterocycles. The van der Waals surface area contributed by atoms with E-state index < -0.39 is 17.1 Å². The third-order valence-corrected chi connectivity index (χ3v) is 6.55. The second-order valence-corrected chi connectivity index (χ2v) is 7.36. The SMILES string of the molecule is COC1=CCC23CC(=O)N(C)C2(CC(O)c2ccc(OC)c(OC)c23)C1=O. The van der Waals surface area contributed by atoms with Gasteiger partial charge >= 0.3 is 0 Å². The van der Waals surface area contributed by atoms with Crippen molar-refractivity contribution in [3.05, 3.63) is 35.1 Å². The summed E-state index contributed by atoms with van der Waals surface area (Å²) in [6.45, 7) is 0. The van der Waals surface area contributed by atoms with Crippen LogP contribution in [0.4, 0.5) is 0 Å². The van der Waals surface area contributed by atoms with Crippen LogP contribution in [-0.2, 0) is 19.7 Å². The van der Waals surface area contributed by atoms with Gasteiger partial charge in [0.1, 0.15) is 5.54 Å². The highest BCUT2D eigenvalue weighted by molar-refractivity contribution is 6.09. The summed E-state index contributed by atoms with van der Waals surface area (Å²) >= 11 is 0. The van der Waals surface area contributed by atoms with Gasteiger partial charge in [0, 0.05) is 30.9 Å². The zero-order valence-electron chi connectivity index (χ0n) is 15.9. The van der Waals surface area contributed by atoms with Gasteiger partial charge in [0.15, 0.2) is 17.3 Å². The number of rotatable bonds is 3. The second-order valence-electron chi connectivity index (χ2n) is 7.36. The Morgan fingerprint density at radius 2 is 1.89 bits per heavy atom. The summed E-state index contributed by atoms with van der Waals surface area (Å²) in [7, 11) is 6.14. The molecule has 1 aromatic rings. The van der Waals surface area contributed by atoms with Crippen LogP contribution in [0.1, 0.15) is 36.5 Å². The number of ketones is 1. The van der Waals surface area contributed by atoms with Crippen LogP contribution in [0.25, 0.3) is 0 Å². The summed E-state index contributed by atoms with van der Waals surface area (Å²) in [6, 6.07) is 3.54. The zero-order valence-corrected chi connectivity index (χ0v) is 15.9. The summed E-state index contributed by atoms with van der Waals surface area (Å²) in [6.07, 6.45) is 1.54. The van der Waals surface area contributed by atoms with Crippen molar-refractivity contribution in [2.45, 2.75) is 36.3 Å². The fourth-order valence-electron chi connectivity index (χ4n) is 5.33. The van der Waals surface area contributed by atoms with Crippen molar-refractivity contribution in [1.29, 1.82) is 0 Å². The highest BCUT2D eigenvalue weighted by Gasteiger charge is 2.71. The molecular formula is C20H23NO6. The van der Waals surface area contributed by atoms with Crippen LogP contribution in [0.3, 0.4) is 0 Å². The van der Waals surface area contributed by atoms with E-state index in [4.69, 9.17) is 14.2 Å². The maximum Gasteiger partial charge on any atom is 0.224 e. The van der Waals surface area contributed by atoms with E-state index in [9.17, 15) is 14.7 Å². The molecule has 3 atom stereocenters. The number of fused-ring (bicyclic) bond motifs is 1. The van der Waals surface area contributed by atoms with E-state index in [0.717, 1.165) is 0 Å². The van der Waals surface area contributed by atoms with Gasteiger partial charge in [-0.05, 0) is 24.1 Å².